The van der Waals surface area contributed by atoms with Gasteiger partial charge >= 0.3 is 5.97 Å². The smallest absolute Gasteiger partial charge is 0.320 e. The normalized spacial score (nSPS) is 23.5. The zero-order chi connectivity index (χ0) is 12.5. The number of ketones is 1. The van der Waals surface area contributed by atoms with Crippen molar-refractivity contribution in [3.63, 3.8) is 0 Å². The van der Waals surface area contributed by atoms with Crippen LogP contribution in [0.5, 0.6) is 0 Å². The van der Waals surface area contributed by atoms with Gasteiger partial charge < -0.3 is 4.74 Å². The highest BCUT2D eigenvalue weighted by Gasteiger charge is 2.48. The average molecular weight is 344 g/mol. The molecule has 1 aromatic rings. The van der Waals surface area contributed by atoms with Crippen LogP contribution < -0.4 is 0 Å². The molecule has 1 unspecified atom stereocenters. The SMILES string of the molecule is CC(=O)C1(Cc2ccc(I)cc2)CCOC1=O. The van der Waals surface area contributed by atoms with Crippen molar-refractivity contribution >= 4 is 34.3 Å². The molecule has 90 valence electrons. The largest absolute Gasteiger partial charge is 0.465 e. The maximum Gasteiger partial charge on any atom is 0.320 e. The molecule has 0 N–H and O–H groups in total. The fourth-order valence-corrected chi connectivity index (χ4v) is 2.47. The Bertz CT molecular complexity index is 452. The Labute approximate surface area is 114 Å². The van der Waals surface area contributed by atoms with Crippen molar-refractivity contribution in [1.82, 2.24) is 0 Å². The number of carbonyl (C=O) groups excluding carboxylic acids is 2. The predicted molar refractivity (Wildman–Crippen MR) is 71.6 cm³/mol. The maximum absolute atomic E-state index is 11.8. The number of hydrogen-bond donors (Lipinski definition) is 0. The van der Waals surface area contributed by atoms with Crippen LogP contribution in [0.25, 0.3) is 0 Å². The van der Waals surface area contributed by atoms with E-state index in [-0.39, 0.29) is 11.8 Å². The molecular formula is C13H13IO3. The van der Waals surface area contributed by atoms with Crippen molar-refractivity contribution in [2.45, 2.75) is 19.8 Å². The lowest BCUT2D eigenvalue weighted by molar-refractivity contribution is -0.150. The lowest BCUT2D eigenvalue weighted by Gasteiger charge is -2.21. The van der Waals surface area contributed by atoms with E-state index in [0.717, 1.165) is 9.13 Å². The number of carbonyl (C=O) groups is 2. The minimum absolute atomic E-state index is 0.0986. The van der Waals surface area contributed by atoms with E-state index in [9.17, 15) is 9.59 Å². The second-order valence-corrected chi connectivity index (χ2v) is 5.57. The molecule has 1 heterocycles. The zero-order valence-corrected chi connectivity index (χ0v) is 11.7. The van der Waals surface area contributed by atoms with Gasteiger partial charge in [0.15, 0.2) is 0 Å². The van der Waals surface area contributed by atoms with Crippen LogP contribution >= 0.6 is 22.6 Å². The Balaban J connectivity index is 2.28. The molecule has 0 aliphatic carbocycles. The summed E-state index contributed by atoms with van der Waals surface area (Å²) < 4.78 is 6.10. The van der Waals surface area contributed by atoms with Crippen molar-refractivity contribution in [2.75, 3.05) is 6.61 Å². The Morgan fingerprint density at radius 1 is 1.41 bits per heavy atom. The fourth-order valence-electron chi connectivity index (χ4n) is 2.11. The molecule has 17 heavy (non-hydrogen) atoms. The van der Waals surface area contributed by atoms with Crippen molar-refractivity contribution < 1.29 is 14.3 Å². The van der Waals surface area contributed by atoms with E-state index in [1.807, 2.05) is 24.3 Å². The van der Waals surface area contributed by atoms with Gasteiger partial charge in [-0.05, 0) is 53.6 Å². The van der Waals surface area contributed by atoms with Crippen molar-refractivity contribution in [2.24, 2.45) is 5.41 Å². The van der Waals surface area contributed by atoms with Gasteiger partial charge in [-0.1, -0.05) is 12.1 Å². The Kier molecular flexibility index (Phi) is 3.51. The molecular weight excluding hydrogens is 331 g/mol. The first-order valence-corrected chi connectivity index (χ1v) is 6.55. The summed E-state index contributed by atoms with van der Waals surface area (Å²) in [6.45, 7) is 1.82. The maximum atomic E-state index is 11.8. The molecule has 1 aliphatic rings. The second kappa shape index (κ2) is 4.76. The van der Waals surface area contributed by atoms with Gasteiger partial charge in [0.05, 0.1) is 6.61 Å². The third kappa shape index (κ3) is 2.36. The van der Waals surface area contributed by atoms with Crippen LogP contribution in [0.4, 0.5) is 0 Å². The van der Waals surface area contributed by atoms with Gasteiger partial charge in [-0.2, -0.15) is 0 Å². The summed E-state index contributed by atoms with van der Waals surface area (Å²) in [7, 11) is 0. The molecule has 3 nitrogen and oxygen atoms in total. The Morgan fingerprint density at radius 2 is 2.06 bits per heavy atom. The number of cyclic esters (lactones) is 1. The van der Waals surface area contributed by atoms with E-state index in [1.54, 1.807) is 0 Å². The molecule has 0 saturated carbocycles. The van der Waals surface area contributed by atoms with Gasteiger partial charge in [-0.25, -0.2) is 0 Å². The second-order valence-electron chi connectivity index (χ2n) is 4.33. The summed E-state index contributed by atoms with van der Waals surface area (Å²) in [5.74, 6) is -0.470. The first-order chi connectivity index (χ1) is 8.04. The summed E-state index contributed by atoms with van der Waals surface area (Å²) in [4.78, 5) is 23.5. The molecule has 0 spiro atoms. The van der Waals surface area contributed by atoms with Crippen LogP contribution in [0.15, 0.2) is 24.3 Å². The minimum atomic E-state index is -0.952. The Hall–Kier alpha value is -0.910. The van der Waals surface area contributed by atoms with Gasteiger partial charge in [0, 0.05) is 9.99 Å². The van der Waals surface area contributed by atoms with E-state index < -0.39 is 5.41 Å². The van der Waals surface area contributed by atoms with E-state index >= 15 is 0 Å². The lowest BCUT2D eigenvalue weighted by Crippen LogP contribution is -2.36. The van der Waals surface area contributed by atoms with Crippen LogP contribution in [-0.2, 0) is 20.7 Å². The molecule has 1 atom stereocenters. The molecule has 4 heteroatoms. The standard InChI is InChI=1S/C13H13IO3/c1-9(15)13(6-7-17-12(13)16)8-10-2-4-11(14)5-3-10/h2-5H,6-8H2,1H3. The van der Waals surface area contributed by atoms with E-state index in [0.29, 0.717) is 19.4 Å². The number of hydrogen-bond acceptors (Lipinski definition) is 3. The van der Waals surface area contributed by atoms with E-state index in [4.69, 9.17) is 4.74 Å². The minimum Gasteiger partial charge on any atom is -0.465 e. The molecule has 2 rings (SSSR count). The number of halogens is 1. The van der Waals surface area contributed by atoms with Gasteiger partial charge in [-0.3, -0.25) is 9.59 Å². The highest BCUT2D eigenvalue weighted by Crippen LogP contribution is 2.35. The van der Waals surface area contributed by atoms with Crippen LogP contribution in [-0.4, -0.2) is 18.4 Å². The third-order valence-electron chi connectivity index (χ3n) is 3.25. The summed E-state index contributed by atoms with van der Waals surface area (Å²) in [5, 5.41) is 0. The first-order valence-electron chi connectivity index (χ1n) is 5.47. The highest BCUT2D eigenvalue weighted by atomic mass is 127. The quantitative estimate of drug-likeness (QED) is 0.480. The Morgan fingerprint density at radius 3 is 2.53 bits per heavy atom. The number of benzene rings is 1. The summed E-state index contributed by atoms with van der Waals surface area (Å²) in [6.07, 6.45) is 0.936. The van der Waals surface area contributed by atoms with Gasteiger partial charge in [-0.15, -0.1) is 0 Å². The predicted octanol–water partition coefficient (Wildman–Crippen LogP) is 2.36. The summed E-state index contributed by atoms with van der Waals surface area (Å²) >= 11 is 2.22. The molecule has 0 radical (unpaired) electrons. The molecule has 0 bridgehead atoms. The van der Waals surface area contributed by atoms with Gasteiger partial charge in [0.25, 0.3) is 0 Å². The van der Waals surface area contributed by atoms with Gasteiger partial charge in [0.2, 0.25) is 0 Å². The summed E-state index contributed by atoms with van der Waals surface area (Å²) in [5.41, 5.74) is 0.0479. The summed E-state index contributed by atoms with van der Waals surface area (Å²) in [6, 6.07) is 7.87. The molecule has 1 aliphatic heterocycles. The highest BCUT2D eigenvalue weighted by molar-refractivity contribution is 14.1. The zero-order valence-electron chi connectivity index (χ0n) is 9.53. The first kappa shape index (κ1) is 12.5. The number of Topliss-reactive ketones (excluding diaryl/α,β-unsaturated/α-hetero) is 1. The number of rotatable bonds is 3. The molecule has 0 aromatic heterocycles. The monoisotopic (exact) mass is 344 g/mol. The van der Waals surface area contributed by atoms with Crippen LogP contribution in [0, 0.1) is 8.99 Å². The van der Waals surface area contributed by atoms with Crippen molar-refractivity contribution in [1.29, 1.82) is 0 Å². The lowest BCUT2D eigenvalue weighted by atomic mass is 9.77. The third-order valence-corrected chi connectivity index (χ3v) is 3.96. The van der Waals surface area contributed by atoms with Crippen LogP contribution in [0.1, 0.15) is 18.9 Å². The molecule has 1 fully saturated rings. The number of esters is 1. The van der Waals surface area contributed by atoms with Crippen LogP contribution in [0.3, 0.4) is 0 Å². The van der Waals surface area contributed by atoms with E-state index in [2.05, 4.69) is 22.6 Å². The molecule has 1 saturated heterocycles. The fraction of sp³-hybridized carbons (Fsp3) is 0.385. The molecule has 0 amide bonds. The topological polar surface area (TPSA) is 43.4 Å². The molecule has 1 aromatic carbocycles. The average Bonchev–Trinajstić information content (AvgIpc) is 2.65. The van der Waals surface area contributed by atoms with Crippen molar-refractivity contribution in [3.8, 4) is 0 Å². The van der Waals surface area contributed by atoms with Gasteiger partial charge in [0.1, 0.15) is 11.2 Å². The van der Waals surface area contributed by atoms with E-state index in [1.165, 1.54) is 6.92 Å². The number of ether oxygens (including phenoxy) is 1. The van der Waals surface area contributed by atoms with Crippen molar-refractivity contribution in [3.05, 3.63) is 33.4 Å². The van der Waals surface area contributed by atoms with Crippen LogP contribution in [0.2, 0.25) is 0 Å².